The maximum atomic E-state index is 12.2. The maximum Gasteiger partial charge on any atom is 0.350 e. The van der Waals surface area contributed by atoms with Crippen molar-refractivity contribution in [2.45, 2.75) is 33.6 Å². The van der Waals surface area contributed by atoms with Crippen LogP contribution in [0.5, 0.6) is 0 Å². The summed E-state index contributed by atoms with van der Waals surface area (Å²) < 4.78 is 10.2. The first kappa shape index (κ1) is 14.0. The van der Waals surface area contributed by atoms with Crippen LogP contribution in [0.25, 0.3) is 17.4 Å². The molecule has 0 unspecified atom stereocenters. The molecule has 0 bridgehead atoms. The molecule has 0 radical (unpaired) electrons. The van der Waals surface area contributed by atoms with Crippen molar-refractivity contribution in [1.82, 2.24) is 10.1 Å². The van der Waals surface area contributed by atoms with Gasteiger partial charge in [0.15, 0.2) is 5.76 Å². The van der Waals surface area contributed by atoms with Gasteiger partial charge in [-0.1, -0.05) is 19.0 Å². The minimum Gasteiger partial charge on any atom is -0.512 e. The number of allylic oxidation sites excluding steroid dienone is 1. The van der Waals surface area contributed by atoms with Crippen molar-refractivity contribution in [3.63, 3.8) is 0 Å². The molecule has 1 N–H and O–H groups in total. The average molecular weight is 276 g/mol. The smallest absolute Gasteiger partial charge is 0.350 e. The van der Waals surface area contributed by atoms with Crippen molar-refractivity contribution in [2.24, 2.45) is 0 Å². The summed E-state index contributed by atoms with van der Waals surface area (Å²) in [5.41, 5.74) is 0.926. The van der Waals surface area contributed by atoms with Crippen LogP contribution in [0.3, 0.4) is 0 Å². The van der Waals surface area contributed by atoms with Crippen LogP contribution < -0.4 is 5.63 Å². The van der Waals surface area contributed by atoms with E-state index in [1.807, 2.05) is 13.8 Å². The monoisotopic (exact) mass is 276 g/mol. The predicted molar refractivity (Wildman–Crippen MR) is 73.4 cm³/mol. The molecule has 6 nitrogen and oxygen atoms in total. The van der Waals surface area contributed by atoms with Gasteiger partial charge in [-0.05, 0) is 19.8 Å². The number of nitrogens with zero attached hydrogens (tertiary/aromatic N) is 2. The third kappa shape index (κ3) is 2.79. The van der Waals surface area contributed by atoms with Crippen molar-refractivity contribution in [2.75, 3.05) is 0 Å². The van der Waals surface area contributed by atoms with Crippen LogP contribution >= 0.6 is 0 Å². The molecule has 0 saturated carbocycles. The van der Waals surface area contributed by atoms with Gasteiger partial charge in [0.2, 0.25) is 5.89 Å². The lowest BCUT2D eigenvalue weighted by Crippen LogP contribution is -2.12. The summed E-state index contributed by atoms with van der Waals surface area (Å²) in [5.74, 6) is 0.409. The van der Waals surface area contributed by atoms with Crippen LogP contribution in [0.2, 0.25) is 0 Å². The fraction of sp³-hybridized carbons (Fsp3) is 0.357. The molecule has 0 atom stereocenters. The van der Waals surface area contributed by atoms with Gasteiger partial charge in [-0.3, -0.25) is 0 Å². The van der Waals surface area contributed by atoms with Gasteiger partial charge >= 0.3 is 5.63 Å². The van der Waals surface area contributed by atoms with E-state index in [9.17, 15) is 9.90 Å². The molecule has 6 heteroatoms. The van der Waals surface area contributed by atoms with E-state index in [1.165, 1.54) is 13.0 Å². The summed E-state index contributed by atoms with van der Waals surface area (Å²) in [6.07, 6.45) is 1.29. The second-order valence-electron chi connectivity index (χ2n) is 4.87. The maximum absolute atomic E-state index is 12.2. The molecular formula is C14H16N2O4. The molecule has 2 rings (SSSR count). The third-order valence-corrected chi connectivity index (χ3v) is 2.64. The van der Waals surface area contributed by atoms with E-state index in [-0.39, 0.29) is 23.1 Å². The van der Waals surface area contributed by atoms with E-state index in [1.54, 1.807) is 13.0 Å². The Morgan fingerprint density at radius 3 is 2.65 bits per heavy atom. The Kier molecular flexibility index (Phi) is 3.74. The first-order chi connectivity index (χ1) is 9.38. The third-order valence-electron chi connectivity index (χ3n) is 2.64. The van der Waals surface area contributed by atoms with Gasteiger partial charge in [0.1, 0.15) is 5.56 Å². The van der Waals surface area contributed by atoms with Crippen LogP contribution in [-0.2, 0) is 0 Å². The highest BCUT2D eigenvalue weighted by Crippen LogP contribution is 2.25. The highest BCUT2D eigenvalue weighted by molar-refractivity contribution is 5.60. The molecule has 20 heavy (non-hydrogen) atoms. The van der Waals surface area contributed by atoms with Crippen molar-refractivity contribution >= 4 is 6.08 Å². The number of aryl methyl sites for hydroxylation is 1. The van der Waals surface area contributed by atoms with Crippen LogP contribution in [0, 0.1) is 6.92 Å². The van der Waals surface area contributed by atoms with E-state index < -0.39 is 5.63 Å². The summed E-state index contributed by atoms with van der Waals surface area (Å²) in [6, 6.07) is 1.66. The Morgan fingerprint density at radius 1 is 1.45 bits per heavy atom. The van der Waals surface area contributed by atoms with E-state index in [0.717, 1.165) is 0 Å². The van der Waals surface area contributed by atoms with Gasteiger partial charge < -0.3 is 14.0 Å². The van der Waals surface area contributed by atoms with Gasteiger partial charge in [0.25, 0.3) is 0 Å². The first-order valence-corrected chi connectivity index (χ1v) is 6.24. The lowest BCUT2D eigenvalue weighted by atomic mass is 10.0. The molecule has 2 heterocycles. The molecule has 0 saturated heterocycles. The zero-order chi connectivity index (χ0) is 14.9. The Hall–Kier alpha value is -2.37. The quantitative estimate of drug-likeness (QED) is 0.866. The molecular weight excluding hydrogens is 260 g/mol. The summed E-state index contributed by atoms with van der Waals surface area (Å²) in [4.78, 5) is 16.4. The molecule has 2 aromatic heterocycles. The predicted octanol–water partition coefficient (Wildman–Crippen LogP) is 3.04. The fourth-order valence-electron chi connectivity index (χ4n) is 1.81. The number of aromatic nitrogens is 2. The average Bonchev–Trinajstić information content (AvgIpc) is 2.73. The van der Waals surface area contributed by atoms with E-state index in [4.69, 9.17) is 8.94 Å². The van der Waals surface area contributed by atoms with Gasteiger partial charge in [-0.15, -0.1) is 0 Å². The standard InChI is InChI=1S/C14H16N2O4/c1-7(2)13-12(10-5-8(3)16-20-10)14(18)19-11(15-13)6-9(4)17/h5-7,17H,1-4H3/b9-6+. The van der Waals surface area contributed by atoms with Crippen molar-refractivity contribution < 1.29 is 14.0 Å². The Balaban J connectivity index is 2.68. The van der Waals surface area contributed by atoms with Gasteiger partial charge in [0.05, 0.1) is 17.1 Å². The normalized spacial score (nSPS) is 12.2. The summed E-state index contributed by atoms with van der Waals surface area (Å²) in [7, 11) is 0. The topological polar surface area (TPSA) is 89.4 Å². The second-order valence-corrected chi connectivity index (χ2v) is 4.87. The van der Waals surface area contributed by atoms with Crippen molar-refractivity contribution in [1.29, 1.82) is 0 Å². The summed E-state index contributed by atoms with van der Waals surface area (Å²) >= 11 is 0. The van der Waals surface area contributed by atoms with Crippen LogP contribution in [0.4, 0.5) is 0 Å². The Morgan fingerprint density at radius 2 is 2.15 bits per heavy atom. The van der Waals surface area contributed by atoms with Gasteiger partial charge in [-0.2, -0.15) is 0 Å². The minimum absolute atomic E-state index is 0.00865. The van der Waals surface area contributed by atoms with Crippen LogP contribution in [0.15, 0.2) is 25.6 Å². The SMILES string of the molecule is C/C(O)=C\c1nc(C(C)C)c(-c2cc(C)no2)c(=O)o1. The number of aliphatic hydroxyl groups is 1. The lowest BCUT2D eigenvalue weighted by molar-refractivity contribution is 0.410. The summed E-state index contributed by atoms with van der Waals surface area (Å²) in [6.45, 7) is 7.06. The zero-order valence-corrected chi connectivity index (χ0v) is 11.8. The first-order valence-electron chi connectivity index (χ1n) is 6.24. The molecule has 0 aliphatic heterocycles. The molecule has 0 spiro atoms. The van der Waals surface area contributed by atoms with Crippen LogP contribution in [0.1, 0.15) is 44.0 Å². The van der Waals surface area contributed by atoms with E-state index >= 15 is 0 Å². The van der Waals surface area contributed by atoms with Crippen molar-refractivity contribution in [3.8, 4) is 11.3 Å². The number of hydrogen-bond donors (Lipinski definition) is 1. The van der Waals surface area contributed by atoms with Crippen molar-refractivity contribution in [3.05, 3.63) is 39.5 Å². The van der Waals surface area contributed by atoms with Crippen LogP contribution in [-0.4, -0.2) is 15.2 Å². The molecule has 0 aliphatic carbocycles. The van der Waals surface area contributed by atoms with E-state index in [2.05, 4.69) is 10.1 Å². The summed E-state index contributed by atoms with van der Waals surface area (Å²) in [5, 5.41) is 13.0. The highest BCUT2D eigenvalue weighted by Gasteiger charge is 2.20. The largest absolute Gasteiger partial charge is 0.512 e. The minimum atomic E-state index is -0.563. The Bertz CT molecular complexity index is 706. The molecule has 0 aromatic carbocycles. The second kappa shape index (κ2) is 5.32. The van der Waals surface area contributed by atoms with E-state index in [0.29, 0.717) is 17.1 Å². The number of rotatable bonds is 3. The zero-order valence-electron chi connectivity index (χ0n) is 11.8. The molecule has 0 amide bonds. The molecule has 0 aliphatic rings. The molecule has 0 fully saturated rings. The van der Waals surface area contributed by atoms with Gasteiger partial charge in [-0.25, -0.2) is 9.78 Å². The highest BCUT2D eigenvalue weighted by atomic mass is 16.5. The lowest BCUT2D eigenvalue weighted by Gasteiger charge is -2.08. The molecule has 106 valence electrons. The number of hydrogen-bond acceptors (Lipinski definition) is 6. The molecule has 2 aromatic rings. The number of aliphatic hydroxyl groups excluding tert-OH is 1. The van der Waals surface area contributed by atoms with Gasteiger partial charge in [0, 0.05) is 12.1 Å². The fourth-order valence-corrected chi connectivity index (χ4v) is 1.81. The Labute approximate surface area is 115 Å².